The molecule has 0 bridgehead atoms. The fourth-order valence-corrected chi connectivity index (χ4v) is 2.32. The third-order valence-electron chi connectivity index (χ3n) is 3.24. The van der Waals surface area contributed by atoms with Crippen LogP contribution in [0, 0.1) is 10.1 Å². The summed E-state index contributed by atoms with van der Waals surface area (Å²) in [6.45, 7) is 2.31. The van der Waals surface area contributed by atoms with Gasteiger partial charge in [-0.1, -0.05) is 6.07 Å². The molecule has 1 aliphatic heterocycles. The number of para-hydroxylation sites is 1. The molecule has 0 aliphatic carbocycles. The molecule has 0 unspecified atom stereocenters. The molecular formula is C14H18N2O3. The van der Waals surface area contributed by atoms with Crippen LogP contribution in [-0.4, -0.2) is 30.0 Å². The summed E-state index contributed by atoms with van der Waals surface area (Å²) < 4.78 is 5.01. The van der Waals surface area contributed by atoms with Crippen molar-refractivity contribution >= 4 is 11.8 Å². The summed E-state index contributed by atoms with van der Waals surface area (Å²) in [7, 11) is 1.54. The molecule has 1 fully saturated rings. The lowest BCUT2D eigenvalue weighted by atomic mass is 10.1. The fraction of sp³-hybridized carbons (Fsp3) is 0.429. The van der Waals surface area contributed by atoms with Crippen LogP contribution in [0.4, 0.5) is 5.69 Å². The molecule has 5 nitrogen and oxygen atoms in total. The van der Waals surface area contributed by atoms with Crippen LogP contribution >= 0.6 is 0 Å². The summed E-state index contributed by atoms with van der Waals surface area (Å²) in [6.07, 6.45) is 6.15. The highest BCUT2D eigenvalue weighted by molar-refractivity contribution is 5.63. The van der Waals surface area contributed by atoms with Crippen LogP contribution < -0.4 is 0 Å². The Balaban J connectivity index is 2.27. The summed E-state index contributed by atoms with van der Waals surface area (Å²) >= 11 is 0. The van der Waals surface area contributed by atoms with Crippen LogP contribution in [0.15, 0.2) is 24.4 Å². The smallest absolute Gasteiger partial charge is 0.282 e. The standard InChI is InChI=1S/C14H18N2O3/c1-19-11-13-6-4-5-12(14(13)16(17)18)7-10-15-8-2-3-9-15/h4-7,10H,2-3,8-9,11H2,1H3/b10-7+. The van der Waals surface area contributed by atoms with Gasteiger partial charge in [-0.25, -0.2) is 0 Å². The first-order valence-corrected chi connectivity index (χ1v) is 6.40. The zero-order valence-corrected chi connectivity index (χ0v) is 11.0. The van der Waals surface area contributed by atoms with Gasteiger partial charge in [0.05, 0.1) is 22.7 Å². The van der Waals surface area contributed by atoms with Gasteiger partial charge < -0.3 is 9.64 Å². The molecule has 5 heteroatoms. The second-order valence-electron chi connectivity index (χ2n) is 4.60. The average Bonchev–Trinajstić information content (AvgIpc) is 2.89. The van der Waals surface area contributed by atoms with Gasteiger partial charge in [0, 0.05) is 20.2 Å². The number of benzene rings is 1. The minimum absolute atomic E-state index is 0.139. The van der Waals surface area contributed by atoms with Crippen molar-refractivity contribution in [2.45, 2.75) is 19.4 Å². The van der Waals surface area contributed by atoms with E-state index in [4.69, 9.17) is 4.74 Å². The van der Waals surface area contributed by atoms with Crippen LogP contribution in [0.25, 0.3) is 6.08 Å². The number of nitro groups is 1. The maximum Gasteiger partial charge on any atom is 0.282 e. The number of nitrogens with zero attached hydrogens (tertiary/aromatic N) is 2. The Morgan fingerprint density at radius 3 is 2.79 bits per heavy atom. The van der Waals surface area contributed by atoms with E-state index in [1.54, 1.807) is 12.1 Å². The summed E-state index contributed by atoms with van der Waals surface area (Å²) in [5, 5.41) is 11.2. The summed E-state index contributed by atoms with van der Waals surface area (Å²) in [5.74, 6) is 0. The lowest BCUT2D eigenvalue weighted by molar-refractivity contribution is -0.386. The lowest BCUT2D eigenvalue weighted by Crippen LogP contribution is -2.10. The lowest BCUT2D eigenvalue weighted by Gasteiger charge is -2.10. The normalized spacial score (nSPS) is 15.3. The summed E-state index contributed by atoms with van der Waals surface area (Å²) in [5.41, 5.74) is 1.38. The van der Waals surface area contributed by atoms with Crippen molar-refractivity contribution in [3.05, 3.63) is 45.6 Å². The third kappa shape index (κ3) is 3.32. The fourth-order valence-electron chi connectivity index (χ4n) is 2.32. The second kappa shape index (κ2) is 6.33. The molecule has 0 radical (unpaired) electrons. The topological polar surface area (TPSA) is 55.6 Å². The highest BCUT2D eigenvalue weighted by Gasteiger charge is 2.18. The maximum absolute atomic E-state index is 11.2. The van der Waals surface area contributed by atoms with E-state index in [-0.39, 0.29) is 17.2 Å². The molecule has 1 saturated heterocycles. The first-order valence-electron chi connectivity index (χ1n) is 6.40. The molecule has 1 aromatic rings. The molecule has 0 aromatic heterocycles. The number of ether oxygens (including phenoxy) is 1. The Bertz CT molecular complexity index is 480. The molecule has 1 aromatic carbocycles. The van der Waals surface area contributed by atoms with Crippen LogP contribution in [0.1, 0.15) is 24.0 Å². The van der Waals surface area contributed by atoms with Gasteiger partial charge in [-0.3, -0.25) is 10.1 Å². The van der Waals surface area contributed by atoms with Gasteiger partial charge in [-0.15, -0.1) is 0 Å². The molecular weight excluding hydrogens is 244 g/mol. The van der Waals surface area contributed by atoms with E-state index < -0.39 is 0 Å². The van der Waals surface area contributed by atoms with Gasteiger partial charge in [-0.05, 0) is 37.3 Å². The molecule has 0 saturated carbocycles. The Labute approximate surface area is 112 Å². The molecule has 102 valence electrons. The van der Waals surface area contributed by atoms with Crippen LogP contribution in [0.3, 0.4) is 0 Å². The zero-order chi connectivity index (χ0) is 13.7. The predicted molar refractivity (Wildman–Crippen MR) is 73.7 cm³/mol. The van der Waals surface area contributed by atoms with Crippen molar-refractivity contribution in [1.82, 2.24) is 4.90 Å². The van der Waals surface area contributed by atoms with Crippen LogP contribution in [0.2, 0.25) is 0 Å². The third-order valence-corrected chi connectivity index (χ3v) is 3.24. The van der Waals surface area contributed by atoms with Crippen molar-refractivity contribution in [3.63, 3.8) is 0 Å². The van der Waals surface area contributed by atoms with E-state index in [0.29, 0.717) is 11.1 Å². The Morgan fingerprint density at radius 1 is 1.42 bits per heavy atom. The Hall–Kier alpha value is -1.88. The number of hydrogen-bond donors (Lipinski definition) is 0. The number of rotatable bonds is 5. The van der Waals surface area contributed by atoms with Gasteiger partial charge in [-0.2, -0.15) is 0 Å². The number of hydrogen-bond acceptors (Lipinski definition) is 4. The quantitative estimate of drug-likeness (QED) is 0.605. The highest BCUT2D eigenvalue weighted by Crippen LogP contribution is 2.26. The van der Waals surface area contributed by atoms with Gasteiger partial charge in [0.25, 0.3) is 5.69 Å². The SMILES string of the molecule is COCc1cccc(/C=C/N2CCCC2)c1[N+](=O)[O-]. The van der Waals surface area contributed by atoms with E-state index in [0.717, 1.165) is 13.1 Å². The minimum atomic E-state index is -0.335. The second-order valence-corrected chi connectivity index (χ2v) is 4.60. The molecule has 2 rings (SSSR count). The van der Waals surface area contributed by atoms with Crippen molar-refractivity contribution < 1.29 is 9.66 Å². The predicted octanol–water partition coefficient (Wildman–Crippen LogP) is 2.81. The number of likely N-dealkylation sites (tertiary alicyclic amines) is 1. The van der Waals surface area contributed by atoms with Crippen LogP contribution in [0.5, 0.6) is 0 Å². The first-order chi connectivity index (χ1) is 9.22. The van der Waals surface area contributed by atoms with Gasteiger partial charge >= 0.3 is 0 Å². The largest absolute Gasteiger partial charge is 0.380 e. The first kappa shape index (κ1) is 13.5. The molecule has 0 atom stereocenters. The molecule has 1 heterocycles. The van der Waals surface area contributed by atoms with Gasteiger partial charge in [0.2, 0.25) is 0 Å². The number of methoxy groups -OCH3 is 1. The molecule has 0 spiro atoms. The van der Waals surface area contributed by atoms with Gasteiger partial charge in [0.1, 0.15) is 0 Å². The monoisotopic (exact) mass is 262 g/mol. The van der Waals surface area contributed by atoms with E-state index in [1.807, 2.05) is 18.3 Å². The van der Waals surface area contributed by atoms with Gasteiger partial charge in [0.15, 0.2) is 0 Å². The van der Waals surface area contributed by atoms with E-state index in [1.165, 1.54) is 20.0 Å². The Morgan fingerprint density at radius 2 is 2.16 bits per heavy atom. The molecule has 19 heavy (non-hydrogen) atoms. The maximum atomic E-state index is 11.2. The Kier molecular flexibility index (Phi) is 4.52. The van der Waals surface area contributed by atoms with Crippen molar-refractivity contribution in [1.29, 1.82) is 0 Å². The molecule has 0 N–H and O–H groups in total. The van der Waals surface area contributed by atoms with Crippen molar-refractivity contribution in [3.8, 4) is 0 Å². The number of nitro benzene ring substituents is 1. The minimum Gasteiger partial charge on any atom is -0.380 e. The average molecular weight is 262 g/mol. The molecule has 0 amide bonds. The van der Waals surface area contributed by atoms with Crippen molar-refractivity contribution in [2.75, 3.05) is 20.2 Å². The highest BCUT2D eigenvalue weighted by atomic mass is 16.6. The van der Waals surface area contributed by atoms with E-state index in [9.17, 15) is 10.1 Å². The van der Waals surface area contributed by atoms with Crippen LogP contribution in [-0.2, 0) is 11.3 Å². The zero-order valence-electron chi connectivity index (χ0n) is 11.0. The molecule has 1 aliphatic rings. The van der Waals surface area contributed by atoms with Crippen molar-refractivity contribution in [2.24, 2.45) is 0 Å². The van der Waals surface area contributed by atoms with E-state index >= 15 is 0 Å². The summed E-state index contributed by atoms with van der Waals surface area (Å²) in [6, 6.07) is 5.32. The summed E-state index contributed by atoms with van der Waals surface area (Å²) in [4.78, 5) is 13.1. The van der Waals surface area contributed by atoms with E-state index in [2.05, 4.69) is 4.90 Å².